The maximum atomic E-state index is 9.16. The second-order valence-electron chi connectivity index (χ2n) is 4.50. The normalized spacial score (nSPS) is 9.58. The summed E-state index contributed by atoms with van der Waals surface area (Å²) in [7, 11) is -5.54. The van der Waals surface area contributed by atoms with E-state index in [-0.39, 0.29) is 49.9 Å². The standard InChI is InChI=1S/2C7H10O2P.2H2O.2Zn/c2*1-10(8,9)7-5-3-2-4-6-7;;;;/h2*2-6,8-9H,1H3;2*1H2;;/q2*+1;;;;. The second kappa shape index (κ2) is 14.5. The van der Waals surface area contributed by atoms with Crippen molar-refractivity contribution in [2.24, 2.45) is 0 Å². The van der Waals surface area contributed by atoms with Crippen molar-refractivity contribution in [3.8, 4) is 0 Å². The van der Waals surface area contributed by atoms with Crippen molar-refractivity contribution in [3.63, 3.8) is 0 Å². The van der Waals surface area contributed by atoms with Crippen LogP contribution < -0.4 is 10.6 Å². The molecule has 0 saturated heterocycles. The molecule has 0 saturated carbocycles. The van der Waals surface area contributed by atoms with Crippen LogP contribution in [0.5, 0.6) is 0 Å². The van der Waals surface area contributed by atoms with Crippen molar-refractivity contribution in [2.75, 3.05) is 13.3 Å². The molecule has 0 radical (unpaired) electrons. The number of hydrogen-bond acceptors (Lipinski definition) is 4. The molecule has 0 amide bonds. The monoisotopic (exact) mass is 478 g/mol. The van der Waals surface area contributed by atoms with Gasteiger partial charge in [-0.2, -0.15) is 0 Å². The van der Waals surface area contributed by atoms with Crippen molar-refractivity contribution >= 4 is 26.0 Å². The topological polar surface area (TPSA) is 144 Å². The van der Waals surface area contributed by atoms with Gasteiger partial charge in [0.05, 0.1) is 0 Å². The van der Waals surface area contributed by atoms with Crippen molar-refractivity contribution in [3.05, 3.63) is 60.7 Å². The van der Waals surface area contributed by atoms with Crippen LogP contribution in [0.3, 0.4) is 0 Å². The fraction of sp³-hybridized carbons (Fsp3) is 0.143. The summed E-state index contributed by atoms with van der Waals surface area (Å²) in [6.07, 6.45) is 0. The van der Waals surface area contributed by atoms with Crippen molar-refractivity contribution in [1.82, 2.24) is 0 Å². The number of benzene rings is 2. The van der Waals surface area contributed by atoms with Crippen LogP contribution in [0.25, 0.3) is 0 Å². The summed E-state index contributed by atoms with van der Waals surface area (Å²) in [4.78, 5) is 36.6. The summed E-state index contributed by atoms with van der Waals surface area (Å²) >= 11 is 0. The van der Waals surface area contributed by atoms with E-state index in [9.17, 15) is 0 Å². The summed E-state index contributed by atoms with van der Waals surface area (Å²) in [5, 5.41) is 1.24. The van der Waals surface area contributed by atoms with E-state index in [0.717, 1.165) is 0 Å². The Kier molecular flexibility index (Phi) is 19.3. The Morgan fingerprint density at radius 1 is 0.542 bits per heavy atom. The molecule has 0 aromatic heterocycles. The molecule has 2 aromatic rings. The fourth-order valence-corrected chi connectivity index (χ4v) is 2.89. The summed E-state index contributed by atoms with van der Waals surface area (Å²) in [5.41, 5.74) is 0. The molecule has 0 atom stereocenters. The van der Waals surface area contributed by atoms with Crippen LogP contribution in [0, 0.1) is 0 Å². The van der Waals surface area contributed by atoms with Crippen LogP contribution in [0.1, 0.15) is 0 Å². The van der Waals surface area contributed by atoms with Crippen LogP contribution in [-0.2, 0) is 39.0 Å². The van der Waals surface area contributed by atoms with Crippen LogP contribution in [-0.4, -0.2) is 43.9 Å². The molecule has 24 heavy (non-hydrogen) atoms. The molecule has 0 aliphatic heterocycles. The molecule has 10 heteroatoms. The van der Waals surface area contributed by atoms with E-state index in [1.165, 1.54) is 13.3 Å². The zero-order valence-electron chi connectivity index (χ0n) is 13.9. The van der Waals surface area contributed by atoms with Crippen LogP contribution in [0.15, 0.2) is 60.7 Å². The Hall–Kier alpha value is 0.307. The molecule has 0 spiro atoms. The van der Waals surface area contributed by atoms with Gasteiger partial charge in [0.15, 0.2) is 10.6 Å². The first kappa shape index (κ1) is 32.0. The fourth-order valence-electron chi connectivity index (χ4n) is 1.42. The molecule has 0 unspecified atom stereocenters. The zero-order chi connectivity index (χ0) is 15.2. The zero-order valence-corrected chi connectivity index (χ0v) is 21.6. The maximum Gasteiger partial charge on any atom is 0.296 e. The summed E-state index contributed by atoms with van der Waals surface area (Å²) in [6.45, 7) is 2.89. The van der Waals surface area contributed by atoms with Gasteiger partial charge in [0.25, 0.3) is 15.4 Å². The van der Waals surface area contributed by atoms with E-state index in [4.69, 9.17) is 19.6 Å². The van der Waals surface area contributed by atoms with Crippen LogP contribution in [0.4, 0.5) is 0 Å². The Bertz CT molecular complexity index is 469. The predicted molar refractivity (Wildman–Crippen MR) is 93.9 cm³/mol. The van der Waals surface area contributed by atoms with Crippen molar-refractivity contribution in [2.45, 2.75) is 0 Å². The average Bonchev–Trinajstić information content (AvgIpc) is 2.40. The Morgan fingerprint density at radius 3 is 0.875 bits per heavy atom. The van der Waals surface area contributed by atoms with Gasteiger partial charge in [-0.05, 0) is 24.3 Å². The minimum atomic E-state index is -2.77. The summed E-state index contributed by atoms with van der Waals surface area (Å²) < 4.78 is 0. The number of rotatable bonds is 2. The van der Waals surface area contributed by atoms with E-state index >= 15 is 0 Å². The molecule has 128 valence electrons. The minimum Gasteiger partial charge on any atom is -0.412 e. The van der Waals surface area contributed by atoms with Gasteiger partial charge in [0.1, 0.15) is 13.3 Å². The molecule has 0 aliphatic carbocycles. The molecule has 8 N–H and O–H groups in total. The largest absolute Gasteiger partial charge is 0.412 e. The Labute approximate surface area is 169 Å². The SMILES string of the molecule is C[P+](O)(O)c1ccccc1.C[P+](O)(O)c1ccccc1.O.O.[Zn].[Zn]. The quantitative estimate of drug-likeness (QED) is 0.351. The Balaban J connectivity index is -0.000000143. The van der Waals surface area contributed by atoms with Gasteiger partial charge < -0.3 is 11.0 Å². The van der Waals surface area contributed by atoms with Crippen molar-refractivity contribution in [1.29, 1.82) is 0 Å². The van der Waals surface area contributed by atoms with Crippen molar-refractivity contribution < 1.29 is 69.5 Å². The van der Waals surface area contributed by atoms with E-state index in [1.54, 1.807) is 48.5 Å². The van der Waals surface area contributed by atoms with Crippen LogP contribution in [0.2, 0.25) is 0 Å². The van der Waals surface area contributed by atoms with Gasteiger partial charge in [-0.25, -0.2) is 19.6 Å². The van der Waals surface area contributed by atoms with E-state index in [0.29, 0.717) is 10.6 Å². The molecule has 2 aromatic carbocycles. The third-order valence-electron chi connectivity index (χ3n) is 2.49. The molecule has 2 rings (SSSR count). The average molecular weight is 481 g/mol. The van der Waals surface area contributed by atoms with Gasteiger partial charge in [0, 0.05) is 39.0 Å². The third kappa shape index (κ3) is 12.6. The maximum absolute atomic E-state index is 9.16. The molecule has 6 nitrogen and oxygen atoms in total. The minimum absolute atomic E-state index is 0. The third-order valence-corrected chi connectivity index (χ3v) is 5.04. The van der Waals surface area contributed by atoms with Gasteiger partial charge in [-0.15, -0.1) is 0 Å². The predicted octanol–water partition coefficient (Wildman–Crippen LogP) is -0.107. The van der Waals surface area contributed by atoms with Gasteiger partial charge in [-0.3, -0.25) is 0 Å². The molecular formula is C14H24O6P2Zn2+2. The summed E-state index contributed by atoms with van der Waals surface area (Å²) in [5.74, 6) is 0. The first-order valence-corrected chi connectivity index (χ1v) is 10.2. The first-order valence-electron chi connectivity index (χ1n) is 5.96. The first-order chi connectivity index (χ1) is 9.21. The Morgan fingerprint density at radius 2 is 0.750 bits per heavy atom. The smallest absolute Gasteiger partial charge is 0.296 e. The molecule has 0 heterocycles. The van der Waals surface area contributed by atoms with Gasteiger partial charge >= 0.3 is 0 Å². The van der Waals surface area contributed by atoms with Gasteiger partial charge in [-0.1, -0.05) is 36.4 Å². The van der Waals surface area contributed by atoms with Gasteiger partial charge in [0.2, 0.25) is 0 Å². The molecule has 0 fully saturated rings. The molecule has 0 aliphatic rings. The molecular weight excluding hydrogens is 457 g/mol. The summed E-state index contributed by atoms with van der Waals surface area (Å²) in [6, 6.07) is 17.7. The van der Waals surface area contributed by atoms with Crippen LogP contribution >= 0.6 is 15.4 Å². The second-order valence-corrected chi connectivity index (χ2v) is 9.18. The molecule has 0 bridgehead atoms. The van der Waals surface area contributed by atoms with E-state index in [2.05, 4.69) is 0 Å². The van der Waals surface area contributed by atoms with E-state index < -0.39 is 15.4 Å². The van der Waals surface area contributed by atoms with E-state index in [1.807, 2.05) is 12.1 Å². The number of hydrogen-bond donors (Lipinski definition) is 4.